The Bertz CT molecular complexity index is 816. The smallest absolute Gasteiger partial charge is 0.441 e. The summed E-state index contributed by atoms with van der Waals surface area (Å²) in [4.78, 5) is 0. The monoisotopic (exact) mass is 744 g/mol. The second kappa shape index (κ2) is 14.4. The molecule has 2 fully saturated rings. The van der Waals surface area contributed by atoms with E-state index in [9.17, 15) is 0 Å². The quantitative estimate of drug-likeness (QED) is 0.338. The maximum atomic E-state index is 6.80. The summed E-state index contributed by atoms with van der Waals surface area (Å²) in [5, 5.41) is 0. The van der Waals surface area contributed by atoms with Gasteiger partial charge in [0.1, 0.15) is 0 Å². The van der Waals surface area contributed by atoms with E-state index in [0.29, 0.717) is 6.23 Å². The average Bonchev–Trinajstić information content (AvgIpc) is 2.62. The molecule has 2 rings (SSSR count). The molecule has 12 nitrogen and oxygen atoms in total. The summed E-state index contributed by atoms with van der Waals surface area (Å²) in [5.41, 5.74) is 0. The molecular weight excluding hydrogens is 689 g/mol. The molecule has 6 atom stereocenters. The first-order chi connectivity index (χ1) is 17.7. The van der Waals surface area contributed by atoms with Crippen LogP contribution in [0.4, 0.5) is 0 Å². The van der Waals surface area contributed by atoms with E-state index in [4.69, 9.17) is 45.6 Å². The molecule has 240 valence electrons. The molecule has 6 unspecified atom stereocenters. The molecule has 0 N–H and O–H groups in total. The van der Waals surface area contributed by atoms with Gasteiger partial charge in [-0.2, -0.15) is 0 Å². The van der Waals surface area contributed by atoms with Crippen LogP contribution < -0.4 is 0 Å². The van der Waals surface area contributed by atoms with E-state index in [2.05, 4.69) is 70.2 Å². The summed E-state index contributed by atoms with van der Waals surface area (Å²) < 4.78 is 76.6. The Morgan fingerprint density at radius 1 is 0.625 bits per heavy atom. The molecule has 2 bridgehead atoms. The van der Waals surface area contributed by atoms with Crippen LogP contribution >= 0.6 is 0 Å². The Kier molecular flexibility index (Phi) is 14.3. The van der Waals surface area contributed by atoms with Crippen molar-refractivity contribution >= 4 is 88.0 Å². The largest absolute Gasteiger partial charge is 0.479 e. The van der Waals surface area contributed by atoms with E-state index in [1.807, 2.05) is 32.7 Å². The van der Waals surface area contributed by atoms with Crippen molar-refractivity contribution in [2.75, 3.05) is 20.4 Å². The van der Waals surface area contributed by atoms with Crippen LogP contribution in [-0.4, -0.2) is 108 Å². The van der Waals surface area contributed by atoms with Gasteiger partial charge in [0.05, 0.1) is 6.23 Å². The van der Waals surface area contributed by atoms with Crippen molar-refractivity contribution in [3.05, 3.63) is 0 Å². The zero-order valence-corrected chi connectivity index (χ0v) is 38.5. The van der Waals surface area contributed by atoms with E-state index in [-0.39, 0.29) is 0 Å². The van der Waals surface area contributed by atoms with Gasteiger partial charge in [-0.1, -0.05) is 0 Å². The molecule has 0 aliphatic carbocycles. The maximum Gasteiger partial charge on any atom is 0.479 e. The van der Waals surface area contributed by atoms with E-state index in [0.717, 1.165) is 0 Å². The molecule has 0 spiro atoms. The molecule has 0 amide bonds. The first kappa shape index (κ1) is 39.7. The molecule has 22 heteroatoms. The molecule has 0 radical (unpaired) electrons. The fourth-order valence-electron chi connectivity index (χ4n) is 4.13. The first-order valence-corrected chi connectivity index (χ1v) is 38.5. The molecule has 2 saturated heterocycles. The third kappa shape index (κ3) is 15.1. The number of hydrogen-bond acceptors (Lipinski definition) is 12. The van der Waals surface area contributed by atoms with Crippen LogP contribution in [-0.2, 0) is 50.3 Å². The molecule has 2 aliphatic heterocycles. The summed E-state index contributed by atoms with van der Waals surface area (Å²) in [6.45, 7) is 30.5. The minimum atomic E-state index is -3.52. The van der Waals surface area contributed by atoms with Crippen molar-refractivity contribution in [2.45, 2.75) is 98.2 Å². The van der Waals surface area contributed by atoms with Crippen molar-refractivity contribution in [1.82, 2.24) is 0 Å². The van der Waals surface area contributed by atoms with Crippen molar-refractivity contribution in [2.24, 2.45) is 0 Å². The Hall–Kier alpha value is 1.69. The van der Waals surface area contributed by atoms with Crippen molar-refractivity contribution in [1.29, 1.82) is 0 Å². The van der Waals surface area contributed by atoms with E-state index < -0.39 is 88.0 Å². The first-order valence-electron chi connectivity index (χ1n) is 13.6. The molecule has 0 saturated carbocycles. The summed E-state index contributed by atoms with van der Waals surface area (Å²) >= 11 is 0. The van der Waals surface area contributed by atoms with Gasteiger partial charge in [0.2, 0.25) is 0 Å². The van der Waals surface area contributed by atoms with Gasteiger partial charge in [-0.15, -0.1) is 0 Å². The van der Waals surface area contributed by atoms with Crippen molar-refractivity contribution in [3.8, 4) is 0 Å². The highest BCUT2D eigenvalue weighted by Gasteiger charge is 2.65. The van der Waals surface area contributed by atoms with Gasteiger partial charge in [0, 0.05) is 47.0 Å². The van der Waals surface area contributed by atoms with Crippen LogP contribution in [0.1, 0.15) is 0 Å². The fraction of sp³-hybridized carbons (Fsp3) is 1.00. The predicted octanol–water partition coefficient (Wildman–Crippen LogP) is 3.70. The number of fused-ring (bicyclic) bond motifs is 2. The number of rotatable bonds is 8. The molecule has 2 heterocycles. The van der Waals surface area contributed by atoms with Gasteiger partial charge in [-0.25, -0.2) is 0 Å². The van der Waals surface area contributed by atoms with Crippen LogP contribution in [0.2, 0.25) is 98.2 Å². The molecule has 2 aliphatic rings. The second-order valence-electron chi connectivity index (χ2n) is 13.4. The van der Waals surface area contributed by atoms with Gasteiger partial charge in [0.25, 0.3) is 10.0 Å². The summed E-state index contributed by atoms with van der Waals surface area (Å²) in [6.07, 6.45) is 0.417. The Morgan fingerprint density at radius 3 is 1.55 bits per heavy atom. The third-order valence-corrected chi connectivity index (χ3v) is 38.8. The second-order valence-corrected chi connectivity index (χ2v) is 46.2. The normalized spacial score (nSPS) is 38.5. The van der Waals surface area contributed by atoms with Crippen LogP contribution in [0.15, 0.2) is 0 Å². The fourth-order valence-corrected chi connectivity index (χ4v) is 43.0. The summed E-state index contributed by atoms with van der Waals surface area (Å²) in [6, 6.07) is 0. The lowest BCUT2D eigenvalue weighted by atomic mass is 11.6. The number of hydrogen-bond donors (Lipinski definition) is 0. The number of ether oxygens (including phenoxy) is 1. The Morgan fingerprint density at radius 2 is 1.07 bits per heavy atom. The van der Waals surface area contributed by atoms with Crippen LogP contribution in [0.3, 0.4) is 0 Å². The van der Waals surface area contributed by atoms with Crippen LogP contribution in [0.5, 0.6) is 0 Å². The lowest BCUT2D eigenvalue weighted by Gasteiger charge is -2.49. The van der Waals surface area contributed by atoms with E-state index >= 15 is 0 Å². The standard InChI is InChI=1S/C16H50O11Si10.C2H6O/c1-29-16-17-33(11,21-31(5,6)7)23-37(15)26-35(13,20-29)24-34(12,19-28-18-30(2,3)4)25-36(14,27-37)22-32(8,9)10;1-3-2/h29H,16,28H2,1-15H3;1-2H3. The molecule has 0 aromatic heterocycles. The molecule has 0 aromatic carbocycles. The highest BCUT2D eigenvalue weighted by Crippen LogP contribution is 2.37. The van der Waals surface area contributed by atoms with E-state index in [1.54, 1.807) is 14.2 Å². The van der Waals surface area contributed by atoms with Gasteiger partial charge >= 0.3 is 44.0 Å². The third-order valence-electron chi connectivity index (χ3n) is 4.65. The van der Waals surface area contributed by atoms with Crippen molar-refractivity contribution in [3.63, 3.8) is 0 Å². The van der Waals surface area contributed by atoms with Gasteiger partial charge in [0.15, 0.2) is 34.0 Å². The molecular formula is C18H56O12Si10. The zero-order chi connectivity index (χ0) is 31.5. The summed E-state index contributed by atoms with van der Waals surface area (Å²) in [7, 11) is -22.8. The van der Waals surface area contributed by atoms with Gasteiger partial charge in [-0.3, -0.25) is 0 Å². The maximum absolute atomic E-state index is 6.80. The Labute approximate surface area is 255 Å². The predicted molar refractivity (Wildman–Crippen MR) is 179 cm³/mol. The van der Waals surface area contributed by atoms with Crippen LogP contribution in [0.25, 0.3) is 0 Å². The van der Waals surface area contributed by atoms with Crippen LogP contribution in [0, 0.1) is 0 Å². The molecule has 40 heavy (non-hydrogen) atoms. The average molecular weight is 745 g/mol. The lowest BCUT2D eigenvalue weighted by molar-refractivity contribution is 0.0807. The highest BCUT2D eigenvalue weighted by molar-refractivity contribution is 6.94. The topological polar surface area (TPSA) is 111 Å². The van der Waals surface area contributed by atoms with Gasteiger partial charge in [-0.05, 0) is 65.5 Å². The Balaban J connectivity index is 0.00000254. The lowest BCUT2D eigenvalue weighted by Crippen LogP contribution is -2.73. The van der Waals surface area contributed by atoms with Crippen molar-refractivity contribution < 1.29 is 50.3 Å². The highest BCUT2D eigenvalue weighted by atomic mass is 28.6. The van der Waals surface area contributed by atoms with E-state index in [1.165, 1.54) is 0 Å². The molecule has 0 aromatic rings. The zero-order valence-electron chi connectivity index (χ0n) is 27.9. The minimum absolute atomic E-state index is 0.417. The summed E-state index contributed by atoms with van der Waals surface area (Å²) in [5.74, 6) is 0. The number of methoxy groups -OCH3 is 1. The minimum Gasteiger partial charge on any atom is -0.441 e. The SMILES string of the molecule is COC.C[SiH]1CO[Si](C)(O[Si](C)(C)C)O[Si]2(C)O[Si](C)(O1)O[Si](C)(O[SiH2]O[Si](C)(C)C)O[Si](C)(O[Si](C)(C)C)O2. The van der Waals surface area contributed by atoms with Gasteiger partial charge < -0.3 is 50.3 Å².